The van der Waals surface area contributed by atoms with Crippen LogP contribution in [-0.4, -0.2) is 44.3 Å². The van der Waals surface area contributed by atoms with Crippen LogP contribution in [0.15, 0.2) is 36.4 Å². The molecule has 0 aromatic heterocycles. The Hall–Kier alpha value is -3.65. The Morgan fingerprint density at radius 3 is 1.30 bits per heavy atom. The second-order valence-corrected chi connectivity index (χ2v) is 6.51. The second-order valence-electron chi connectivity index (χ2n) is 5.16. The van der Waals surface area contributed by atoms with Crippen LogP contribution in [0.5, 0.6) is 5.75 Å². The molecule has 0 heterocycles. The van der Waals surface area contributed by atoms with Crippen molar-refractivity contribution >= 4 is 37.2 Å². The van der Waals surface area contributed by atoms with E-state index in [0.29, 0.717) is 0 Å². The molecule has 2 aromatic rings. The molecule has 0 fully saturated rings. The Morgan fingerprint density at radius 1 is 0.630 bits per heavy atom. The fraction of sp³-hybridized carbons (Fsp3) is 0. The summed E-state index contributed by atoms with van der Waals surface area (Å²) in [5.41, 5.74) is -1.72. The van der Waals surface area contributed by atoms with E-state index in [2.05, 4.69) is 0 Å². The van der Waals surface area contributed by atoms with Gasteiger partial charge in [0, 0.05) is 5.30 Å². The van der Waals surface area contributed by atoms with Gasteiger partial charge >= 0.3 is 23.9 Å². The van der Waals surface area contributed by atoms with Crippen molar-refractivity contribution in [3.63, 3.8) is 0 Å². The normalized spacial score (nSPS) is 11.4. The fourth-order valence-corrected chi connectivity index (χ4v) is 3.06. The maximum absolute atomic E-state index is 12.4. The Labute approximate surface area is 151 Å². The molecule has 0 aliphatic rings. The Balaban J connectivity index is 2.45. The van der Waals surface area contributed by atoms with Crippen LogP contribution >= 0.6 is 8.03 Å². The summed E-state index contributed by atoms with van der Waals surface area (Å²) in [6, 6.07) is 5.54. The van der Waals surface area contributed by atoms with Crippen LogP contribution < -0.4 is 9.83 Å². The van der Waals surface area contributed by atoms with Crippen molar-refractivity contribution in [3.8, 4) is 5.75 Å². The SMILES string of the molecule is O=C(O)c1cc(O[PH](=O)c2cc(C(=O)O)cc(C(=O)O)c2)cc(C(=O)O)c1. The molecule has 10 nitrogen and oxygen atoms in total. The van der Waals surface area contributed by atoms with Crippen molar-refractivity contribution in [1.82, 2.24) is 0 Å². The molecule has 1 unspecified atom stereocenters. The molecule has 0 amide bonds. The Morgan fingerprint density at radius 2 is 0.963 bits per heavy atom. The van der Waals surface area contributed by atoms with Gasteiger partial charge in [-0.15, -0.1) is 0 Å². The van der Waals surface area contributed by atoms with E-state index in [1.807, 2.05) is 0 Å². The first-order valence-corrected chi connectivity index (χ1v) is 8.35. The minimum absolute atomic E-state index is 0.241. The second kappa shape index (κ2) is 7.71. The summed E-state index contributed by atoms with van der Waals surface area (Å²) in [6.07, 6.45) is 0. The van der Waals surface area contributed by atoms with Gasteiger partial charge in [0.15, 0.2) is 0 Å². The van der Waals surface area contributed by atoms with E-state index in [1.54, 1.807) is 0 Å². The third-order valence-electron chi connectivity index (χ3n) is 3.27. The van der Waals surface area contributed by atoms with Crippen LogP contribution in [0, 0.1) is 0 Å². The van der Waals surface area contributed by atoms with Crippen molar-refractivity contribution in [1.29, 1.82) is 0 Å². The number of rotatable bonds is 7. The molecular weight excluding hydrogens is 383 g/mol. The summed E-state index contributed by atoms with van der Waals surface area (Å²) >= 11 is 0. The lowest BCUT2D eigenvalue weighted by Crippen LogP contribution is -2.11. The lowest BCUT2D eigenvalue weighted by molar-refractivity contribution is 0.0676. The number of aromatic carboxylic acids is 4. The van der Waals surface area contributed by atoms with E-state index in [4.69, 9.17) is 24.9 Å². The molecule has 2 aromatic carbocycles. The van der Waals surface area contributed by atoms with Crippen LogP contribution in [0.1, 0.15) is 41.4 Å². The number of benzene rings is 2. The molecule has 0 radical (unpaired) electrons. The third kappa shape index (κ3) is 4.71. The summed E-state index contributed by atoms with van der Waals surface area (Å²) in [7, 11) is -3.28. The molecule has 2 rings (SSSR count). The molecule has 0 bridgehead atoms. The van der Waals surface area contributed by atoms with E-state index >= 15 is 0 Å². The van der Waals surface area contributed by atoms with Gasteiger partial charge in [-0.1, -0.05) is 0 Å². The lowest BCUT2D eigenvalue weighted by Gasteiger charge is -2.10. The van der Waals surface area contributed by atoms with Gasteiger partial charge in [-0.3, -0.25) is 4.57 Å². The Kier molecular flexibility index (Phi) is 5.62. The summed E-state index contributed by atoms with van der Waals surface area (Å²) in [5, 5.41) is 35.8. The van der Waals surface area contributed by atoms with Crippen molar-refractivity contribution in [2.24, 2.45) is 0 Å². The lowest BCUT2D eigenvalue weighted by atomic mass is 10.1. The van der Waals surface area contributed by atoms with Gasteiger partial charge in [0.1, 0.15) is 5.75 Å². The molecule has 0 saturated heterocycles. The van der Waals surface area contributed by atoms with Crippen LogP contribution in [-0.2, 0) is 4.57 Å². The molecule has 0 aliphatic heterocycles. The highest BCUT2D eigenvalue weighted by molar-refractivity contribution is 7.48. The highest BCUT2D eigenvalue weighted by atomic mass is 31.1. The first-order valence-electron chi connectivity index (χ1n) is 7.04. The standard InChI is InChI=1S/C16H11O10P/c17-13(18)7-1-8(14(19)20)4-11(3-7)26-27(25)12-5-9(15(21)22)2-10(6-12)16(23)24/h1-6,27H,(H,17,18)(H,19,20)(H,21,22)(H,23,24). The zero-order chi connectivity index (χ0) is 20.3. The fourth-order valence-electron chi connectivity index (χ4n) is 2.06. The van der Waals surface area contributed by atoms with E-state index in [1.165, 1.54) is 0 Å². The van der Waals surface area contributed by atoms with Gasteiger partial charge in [0.05, 0.1) is 22.3 Å². The minimum Gasteiger partial charge on any atom is -0.478 e. The summed E-state index contributed by atoms with van der Waals surface area (Å²) in [4.78, 5) is 44.3. The number of hydrogen-bond acceptors (Lipinski definition) is 6. The van der Waals surface area contributed by atoms with Crippen molar-refractivity contribution < 1.29 is 48.7 Å². The maximum atomic E-state index is 12.4. The van der Waals surface area contributed by atoms with Gasteiger partial charge < -0.3 is 24.9 Å². The van der Waals surface area contributed by atoms with Crippen molar-refractivity contribution in [3.05, 3.63) is 58.7 Å². The number of hydrogen-bond donors (Lipinski definition) is 4. The Bertz CT molecular complexity index is 930. The minimum atomic E-state index is -3.28. The first kappa shape index (κ1) is 19.7. The molecule has 4 N–H and O–H groups in total. The van der Waals surface area contributed by atoms with Gasteiger partial charge in [0.2, 0.25) is 0 Å². The largest absolute Gasteiger partial charge is 0.478 e. The maximum Gasteiger partial charge on any atom is 0.335 e. The average molecular weight is 394 g/mol. The average Bonchev–Trinajstić information content (AvgIpc) is 2.60. The molecule has 0 aliphatic carbocycles. The van der Waals surface area contributed by atoms with Crippen molar-refractivity contribution in [2.45, 2.75) is 0 Å². The summed E-state index contributed by atoms with van der Waals surface area (Å²) in [5.74, 6) is -6.12. The van der Waals surface area contributed by atoms with Gasteiger partial charge in [-0.2, -0.15) is 0 Å². The van der Waals surface area contributed by atoms with E-state index in [9.17, 15) is 23.7 Å². The third-order valence-corrected chi connectivity index (χ3v) is 4.45. The zero-order valence-electron chi connectivity index (χ0n) is 13.2. The number of carbonyl (C=O) groups is 4. The van der Waals surface area contributed by atoms with E-state index in [-0.39, 0.29) is 11.1 Å². The van der Waals surface area contributed by atoms with Crippen LogP contribution in [0.25, 0.3) is 0 Å². The molecular formula is C16H11O10P. The van der Waals surface area contributed by atoms with E-state index in [0.717, 1.165) is 36.4 Å². The summed E-state index contributed by atoms with van der Waals surface area (Å²) < 4.78 is 17.5. The highest BCUT2D eigenvalue weighted by Crippen LogP contribution is 2.29. The molecule has 0 spiro atoms. The summed E-state index contributed by atoms with van der Waals surface area (Å²) in [6.45, 7) is 0. The van der Waals surface area contributed by atoms with Gasteiger partial charge in [0.25, 0.3) is 8.03 Å². The number of carboxylic acids is 4. The molecule has 11 heteroatoms. The van der Waals surface area contributed by atoms with Crippen LogP contribution in [0.2, 0.25) is 0 Å². The molecule has 0 saturated carbocycles. The van der Waals surface area contributed by atoms with Crippen molar-refractivity contribution in [2.75, 3.05) is 0 Å². The molecule has 1 atom stereocenters. The van der Waals surface area contributed by atoms with Gasteiger partial charge in [-0.05, 0) is 36.4 Å². The zero-order valence-corrected chi connectivity index (χ0v) is 14.2. The monoisotopic (exact) mass is 394 g/mol. The quantitative estimate of drug-likeness (QED) is 0.505. The topological polar surface area (TPSA) is 175 Å². The highest BCUT2D eigenvalue weighted by Gasteiger charge is 2.17. The first-order chi connectivity index (χ1) is 12.6. The predicted molar refractivity (Wildman–Crippen MR) is 90.0 cm³/mol. The van der Waals surface area contributed by atoms with Crippen LogP contribution in [0.3, 0.4) is 0 Å². The smallest absolute Gasteiger partial charge is 0.335 e. The van der Waals surface area contributed by atoms with Crippen LogP contribution in [0.4, 0.5) is 0 Å². The molecule has 140 valence electrons. The van der Waals surface area contributed by atoms with E-state index < -0.39 is 54.2 Å². The number of carboxylic acid groups (broad SMARTS) is 4. The van der Waals surface area contributed by atoms with Gasteiger partial charge in [-0.25, -0.2) is 19.2 Å². The predicted octanol–water partition coefficient (Wildman–Crippen LogP) is 1.66. The molecule has 27 heavy (non-hydrogen) atoms.